The third-order valence-electron chi connectivity index (χ3n) is 4.08. The molecular weight excluding hydrogens is 294 g/mol. The lowest BCUT2D eigenvalue weighted by Gasteiger charge is -2.33. The Hall–Kier alpha value is -2.31. The fourth-order valence-corrected chi connectivity index (χ4v) is 2.97. The molecule has 0 unspecified atom stereocenters. The summed E-state index contributed by atoms with van der Waals surface area (Å²) in [7, 11) is 0. The summed E-state index contributed by atoms with van der Waals surface area (Å²) in [6.07, 6.45) is 3.01. The zero-order chi connectivity index (χ0) is 16.6. The van der Waals surface area contributed by atoms with Crippen molar-refractivity contribution in [3.05, 3.63) is 24.2 Å². The molecule has 0 aromatic carbocycles. The van der Waals surface area contributed by atoms with Gasteiger partial charge in [-0.1, -0.05) is 0 Å². The highest BCUT2D eigenvalue weighted by atomic mass is 16.6. The second-order valence-electron chi connectivity index (χ2n) is 6.94. The Morgan fingerprint density at radius 1 is 1.30 bits per heavy atom. The molecule has 2 aromatic rings. The number of anilines is 1. The van der Waals surface area contributed by atoms with Crippen molar-refractivity contribution in [3.63, 3.8) is 0 Å². The van der Waals surface area contributed by atoms with E-state index in [2.05, 4.69) is 10.1 Å². The first kappa shape index (κ1) is 15.6. The molecule has 0 bridgehead atoms. The van der Waals surface area contributed by atoms with Gasteiger partial charge in [0.1, 0.15) is 17.4 Å². The van der Waals surface area contributed by atoms with E-state index in [1.165, 1.54) is 6.33 Å². The van der Waals surface area contributed by atoms with Gasteiger partial charge >= 0.3 is 6.09 Å². The monoisotopic (exact) mass is 317 g/mol. The van der Waals surface area contributed by atoms with Crippen molar-refractivity contribution >= 4 is 17.4 Å². The average Bonchev–Trinajstić information content (AvgIpc) is 2.91. The number of nitrogens with zero attached hydrogens (tertiary/aromatic N) is 4. The number of aromatic nitrogens is 3. The molecule has 0 radical (unpaired) electrons. The second-order valence-corrected chi connectivity index (χ2v) is 6.94. The van der Waals surface area contributed by atoms with Crippen LogP contribution in [0.4, 0.5) is 10.6 Å². The molecule has 1 saturated heterocycles. The van der Waals surface area contributed by atoms with Gasteiger partial charge in [-0.15, -0.1) is 0 Å². The molecule has 23 heavy (non-hydrogen) atoms. The molecule has 2 aromatic heterocycles. The van der Waals surface area contributed by atoms with Crippen LogP contribution < -0.4 is 5.73 Å². The zero-order valence-electron chi connectivity index (χ0n) is 13.8. The predicted molar refractivity (Wildman–Crippen MR) is 87.2 cm³/mol. The first-order valence-corrected chi connectivity index (χ1v) is 7.91. The van der Waals surface area contributed by atoms with Crippen LogP contribution in [0.2, 0.25) is 0 Å². The zero-order valence-corrected chi connectivity index (χ0v) is 13.8. The summed E-state index contributed by atoms with van der Waals surface area (Å²) in [6, 6.07) is 4.00. The Morgan fingerprint density at radius 2 is 2.00 bits per heavy atom. The SMILES string of the molecule is CC(C)(C)OC(=O)N1CCC(c2ccc3c(N)ncnn23)CC1. The van der Waals surface area contributed by atoms with Gasteiger partial charge in [0.2, 0.25) is 0 Å². The van der Waals surface area contributed by atoms with Crippen LogP contribution in [0.15, 0.2) is 18.5 Å². The smallest absolute Gasteiger partial charge is 0.410 e. The van der Waals surface area contributed by atoms with Crippen molar-refractivity contribution in [3.8, 4) is 0 Å². The summed E-state index contributed by atoms with van der Waals surface area (Å²) in [6.45, 7) is 7.03. The molecule has 2 N–H and O–H groups in total. The van der Waals surface area contributed by atoms with Crippen LogP contribution in [-0.2, 0) is 4.74 Å². The van der Waals surface area contributed by atoms with Crippen LogP contribution in [0.25, 0.3) is 5.52 Å². The van der Waals surface area contributed by atoms with Crippen LogP contribution in [0.3, 0.4) is 0 Å². The average molecular weight is 317 g/mol. The highest BCUT2D eigenvalue weighted by Crippen LogP contribution is 2.30. The molecule has 7 nitrogen and oxygen atoms in total. The number of carbonyl (C=O) groups is 1. The number of amides is 1. The standard InChI is InChI=1S/C16H23N5O2/c1-16(2,3)23-15(22)20-8-6-11(7-9-20)12-4-5-13-14(17)18-10-19-21(12)13/h4-5,10-11H,6-9H2,1-3H3,(H2,17,18,19). The topological polar surface area (TPSA) is 85.8 Å². The fraction of sp³-hybridized carbons (Fsp3) is 0.562. The quantitative estimate of drug-likeness (QED) is 0.873. The van der Waals surface area contributed by atoms with E-state index in [4.69, 9.17) is 10.5 Å². The van der Waals surface area contributed by atoms with Crippen molar-refractivity contribution in [2.45, 2.75) is 45.1 Å². The molecule has 0 spiro atoms. The lowest BCUT2D eigenvalue weighted by atomic mass is 9.94. The molecule has 3 heterocycles. The van der Waals surface area contributed by atoms with Crippen LogP contribution >= 0.6 is 0 Å². The number of likely N-dealkylation sites (tertiary alicyclic amines) is 1. The summed E-state index contributed by atoms with van der Waals surface area (Å²) in [5, 5.41) is 4.30. The Balaban J connectivity index is 1.69. The summed E-state index contributed by atoms with van der Waals surface area (Å²) in [4.78, 5) is 17.9. The third-order valence-corrected chi connectivity index (χ3v) is 4.08. The van der Waals surface area contributed by atoms with Gasteiger partial charge in [-0.25, -0.2) is 14.3 Å². The van der Waals surface area contributed by atoms with Gasteiger partial charge < -0.3 is 15.4 Å². The van der Waals surface area contributed by atoms with Crippen molar-refractivity contribution in [2.24, 2.45) is 0 Å². The number of nitrogens with two attached hydrogens (primary N) is 1. The van der Waals surface area contributed by atoms with E-state index in [1.54, 1.807) is 4.90 Å². The number of nitrogen functional groups attached to an aromatic ring is 1. The maximum Gasteiger partial charge on any atom is 0.410 e. The fourth-order valence-electron chi connectivity index (χ4n) is 2.97. The lowest BCUT2D eigenvalue weighted by Crippen LogP contribution is -2.41. The lowest BCUT2D eigenvalue weighted by molar-refractivity contribution is 0.0204. The molecule has 7 heteroatoms. The summed E-state index contributed by atoms with van der Waals surface area (Å²) in [5.74, 6) is 0.836. The number of carbonyl (C=O) groups excluding carboxylic acids is 1. The first-order chi connectivity index (χ1) is 10.8. The molecule has 1 fully saturated rings. The molecule has 124 valence electrons. The minimum atomic E-state index is -0.458. The van der Waals surface area contributed by atoms with Crippen LogP contribution in [0.1, 0.15) is 45.2 Å². The summed E-state index contributed by atoms with van der Waals surface area (Å²) < 4.78 is 7.29. The second kappa shape index (κ2) is 5.72. The van der Waals surface area contributed by atoms with Crippen molar-refractivity contribution in [2.75, 3.05) is 18.8 Å². The number of rotatable bonds is 1. The molecule has 0 atom stereocenters. The van der Waals surface area contributed by atoms with E-state index in [9.17, 15) is 4.79 Å². The number of piperidine rings is 1. The van der Waals surface area contributed by atoms with E-state index in [-0.39, 0.29) is 6.09 Å². The van der Waals surface area contributed by atoms with Crippen molar-refractivity contribution in [1.82, 2.24) is 19.5 Å². The van der Waals surface area contributed by atoms with Gasteiger partial charge in [0, 0.05) is 24.7 Å². The van der Waals surface area contributed by atoms with Crippen LogP contribution in [0.5, 0.6) is 0 Å². The van der Waals surface area contributed by atoms with Gasteiger partial charge in [-0.05, 0) is 45.7 Å². The van der Waals surface area contributed by atoms with E-state index >= 15 is 0 Å². The maximum absolute atomic E-state index is 12.1. The summed E-state index contributed by atoms with van der Waals surface area (Å²) >= 11 is 0. The van der Waals surface area contributed by atoms with E-state index in [1.807, 2.05) is 37.4 Å². The molecule has 1 amide bonds. The van der Waals surface area contributed by atoms with Crippen LogP contribution in [0, 0.1) is 0 Å². The molecular formula is C16H23N5O2. The molecule has 1 aliphatic rings. The maximum atomic E-state index is 12.1. The Kier molecular flexibility index (Phi) is 3.87. The van der Waals surface area contributed by atoms with Gasteiger partial charge in [0.15, 0.2) is 5.82 Å². The normalized spacial score (nSPS) is 16.7. The largest absolute Gasteiger partial charge is 0.444 e. The van der Waals surface area contributed by atoms with E-state index < -0.39 is 5.60 Å². The number of ether oxygens (including phenoxy) is 1. The van der Waals surface area contributed by atoms with Gasteiger partial charge in [-0.3, -0.25) is 0 Å². The number of fused-ring (bicyclic) bond motifs is 1. The van der Waals surface area contributed by atoms with E-state index in [0.717, 1.165) is 24.1 Å². The Morgan fingerprint density at radius 3 is 2.65 bits per heavy atom. The number of hydrogen-bond donors (Lipinski definition) is 1. The number of hydrogen-bond acceptors (Lipinski definition) is 5. The van der Waals surface area contributed by atoms with Gasteiger partial charge in [0.25, 0.3) is 0 Å². The minimum Gasteiger partial charge on any atom is -0.444 e. The summed E-state index contributed by atoms with van der Waals surface area (Å²) in [5.41, 5.74) is 7.37. The Labute approximate surface area is 135 Å². The van der Waals surface area contributed by atoms with Crippen LogP contribution in [-0.4, -0.2) is 44.3 Å². The van der Waals surface area contributed by atoms with Gasteiger partial charge in [0.05, 0.1) is 0 Å². The highest BCUT2D eigenvalue weighted by molar-refractivity contribution is 5.68. The molecule has 0 aliphatic carbocycles. The third kappa shape index (κ3) is 3.23. The predicted octanol–water partition coefficient (Wildman–Crippen LogP) is 2.43. The highest BCUT2D eigenvalue weighted by Gasteiger charge is 2.28. The van der Waals surface area contributed by atoms with E-state index in [0.29, 0.717) is 24.8 Å². The molecule has 0 saturated carbocycles. The van der Waals surface area contributed by atoms with Crippen molar-refractivity contribution in [1.29, 1.82) is 0 Å². The minimum absolute atomic E-state index is 0.234. The van der Waals surface area contributed by atoms with Gasteiger partial charge in [-0.2, -0.15) is 5.10 Å². The molecule has 1 aliphatic heterocycles. The molecule has 3 rings (SSSR count). The first-order valence-electron chi connectivity index (χ1n) is 7.91. The van der Waals surface area contributed by atoms with Crippen molar-refractivity contribution < 1.29 is 9.53 Å². The Bertz CT molecular complexity index is 711.